The summed E-state index contributed by atoms with van der Waals surface area (Å²) in [6.07, 6.45) is -8.28. The molecule has 18 atom stereocenters. The lowest BCUT2D eigenvalue weighted by atomic mass is 9.77. The molecule has 0 amide bonds. The number of esters is 2. The molecule has 55 heavy (non-hydrogen) atoms. The number of methoxy groups -OCH3 is 1. The van der Waals surface area contributed by atoms with E-state index >= 15 is 0 Å². The summed E-state index contributed by atoms with van der Waals surface area (Å²) in [7, 11) is 7.12. The maximum atomic E-state index is 14.3. The van der Waals surface area contributed by atoms with Crippen LogP contribution in [0.25, 0.3) is 0 Å². The van der Waals surface area contributed by atoms with Crippen molar-refractivity contribution in [3.8, 4) is 0 Å². The fourth-order valence-electron chi connectivity index (χ4n) is 9.04. The number of cyclic esters (lactones) is 1. The second-order valence-corrected chi connectivity index (χ2v) is 17.7. The first-order chi connectivity index (χ1) is 25.3. The lowest BCUT2D eigenvalue weighted by Gasteiger charge is -2.49. The normalized spacial score (nSPS) is 47.4. The third-order valence-corrected chi connectivity index (χ3v) is 12.5. The highest BCUT2D eigenvalue weighted by Gasteiger charge is 2.53. The number of nitrogens with zero attached hydrogens (tertiary/aromatic N) is 2. The number of hydrogen-bond donors (Lipinski definition) is 4. The van der Waals surface area contributed by atoms with E-state index in [1.807, 2.05) is 51.7 Å². The number of carbonyl (C=O) groups excluding carboxylic acids is 2. The van der Waals surface area contributed by atoms with Crippen LogP contribution in [0.5, 0.6) is 0 Å². The largest absolute Gasteiger partial charge is 0.459 e. The van der Waals surface area contributed by atoms with E-state index in [9.17, 15) is 30.0 Å². The molecule has 3 rings (SSSR count). The quantitative estimate of drug-likeness (QED) is 0.263. The van der Waals surface area contributed by atoms with Gasteiger partial charge in [0.05, 0.1) is 47.6 Å². The monoisotopic (exact) mass is 791 g/mol. The van der Waals surface area contributed by atoms with Crippen molar-refractivity contribution in [3.63, 3.8) is 0 Å². The topological polar surface area (TPSA) is 186 Å². The smallest absolute Gasteiger partial charge is 0.311 e. The Morgan fingerprint density at radius 3 is 2.13 bits per heavy atom. The van der Waals surface area contributed by atoms with Gasteiger partial charge in [0.1, 0.15) is 23.9 Å². The number of aliphatic hydroxyl groups excluding tert-OH is 2. The molecule has 0 bridgehead atoms. The first kappa shape index (κ1) is 47.9. The van der Waals surface area contributed by atoms with Gasteiger partial charge in [0.2, 0.25) is 0 Å². The van der Waals surface area contributed by atoms with Gasteiger partial charge in [0.15, 0.2) is 18.7 Å². The SMILES string of the molecule is CC[C@H]1OC(=O)[C@H](C)[C@@H](O[C@H]2C[C@@](C)(OC)[C@@H](O)[C@H](C)O2)[C@H](C)[C@@H](O[C@@H]2O[C@H](C)CC(N(C)C)[C@H]2OC(C)=O)[C@](C)(O)C[C@@H](C)CN(C)[C@H](C)[C@@H](O)[C@]1(C)O. The number of aliphatic hydroxyl groups is 4. The highest BCUT2D eigenvalue weighted by atomic mass is 16.7. The van der Waals surface area contributed by atoms with Gasteiger partial charge in [-0.3, -0.25) is 9.59 Å². The van der Waals surface area contributed by atoms with Crippen LogP contribution in [0.1, 0.15) is 102 Å². The number of hydrogen-bond acceptors (Lipinski definition) is 15. The molecule has 0 spiro atoms. The highest BCUT2D eigenvalue weighted by Crippen LogP contribution is 2.40. The summed E-state index contributed by atoms with van der Waals surface area (Å²) in [5, 5.41) is 46.9. The number of rotatable bonds is 8. The Morgan fingerprint density at radius 2 is 1.58 bits per heavy atom. The molecule has 3 saturated heterocycles. The van der Waals surface area contributed by atoms with Gasteiger partial charge in [-0.15, -0.1) is 0 Å². The summed E-state index contributed by atoms with van der Waals surface area (Å²) in [5.41, 5.74) is -4.45. The van der Waals surface area contributed by atoms with Crippen molar-refractivity contribution in [2.24, 2.45) is 17.8 Å². The molecule has 0 aromatic heterocycles. The van der Waals surface area contributed by atoms with Gasteiger partial charge in [-0.05, 0) is 94.8 Å². The van der Waals surface area contributed by atoms with Gasteiger partial charge in [-0.25, -0.2) is 0 Å². The van der Waals surface area contributed by atoms with Gasteiger partial charge >= 0.3 is 11.9 Å². The van der Waals surface area contributed by atoms with Gasteiger partial charge in [0.25, 0.3) is 0 Å². The molecular weight excluding hydrogens is 716 g/mol. The molecule has 15 nitrogen and oxygen atoms in total. The molecule has 3 aliphatic heterocycles. The average molecular weight is 791 g/mol. The zero-order chi connectivity index (χ0) is 42.0. The molecular formula is C40H74N2O13. The first-order valence-corrected chi connectivity index (χ1v) is 20.0. The summed E-state index contributed by atoms with van der Waals surface area (Å²) in [4.78, 5) is 30.7. The Labute approximate surface area is 329 Å². The summed E-state index contributed by atoms with van der Waals surface area (Å²) in [5.74, 6) is -3.20. The molecule has 3 heterocycles. The van der Waals surface area contributed by atoms with E-state index in [1.54, 1.807) is 41.5 Å². The van der Waals surface area contributed by atoms with Crippen LogP contribution in [0, 0.1) is 17.8 Å². The van der Waals surface area contributed by atoms with E-state index in [0.29, 0.717) is 13.0 Å². The standard InChI is InChI=1S/C40H74N2O13/c1-16-29-40(11,48)33(44)25(6)42(14)20-21(2)18-38(9,47)35(55-37-32(52-27(8)43)28(41(12)13)17-22(3)50-37)23(4)31(24(5)36(46)53-29)54-30-19-39(10,49-15)34(45)26(7)51-30/h21-26,28-35,37,44-45,47-48H,16-20H2,1-15H3/t21-,22-,23+,24-,25-,26+,28?,29-,30+,31+,32-,33-,34+,35-,37+,38-,39-,40-/m1/s1. The zero-order valence-electron chi connectivity index (χ0n) is 36.1. The summed E-state index contributed by atoms with van der Waals surface area (Å²) in [6, 6.07) is -0.823. The molecule has 0 aromatic rings. The highest BCUT2D eigenvalue weighted by molar-refractivity contribution is 5.73. The molecule has 0 radical (unpaired) electrons. The molecule has 4 N–H and O–H groups in total. The molecule has 0 aliphatic carbocycles. The molecule has 0 aromatic carbocycles. The molecule has 3 fully saturated rings. The van der Waals surface area contributed by atoms with E-state index in [0.717, 1.165) is 0 Å². The van der Waals surface area contributed by atoms with Crippen molar-refractivity contribution >= 4 is 11.9 Å². The number of likely N-dealkylation sites (N-methyl/N-ethyl adjacent to an activating group) is 2. The minimum Gasteiger partial charge on any atom is -0.459 e. The van der Waals surface area contributed by atoms with Gasteiger partial charge < -0.3 is 63.4 Å². The Bertz CT molecular complexity index is 1250. The zero-order valence-corrected chi connectivity index (χ0v) is 36.1. The fourth-order valence-corrected chi connectivity index (χ4v) is 9.04. The predicted molar refractivity (Wildman–Crippen MR) is 204 cm³/mol. The lowest BCUT2D eigenvalue weighted by Crippen LogP contribution is -2.61. The third-order valence-electron chi connectivity index (χ3n) is 12.5. The number of ether oxygens (including phenoxy) is 7. The van der Waals surface area contributed by atoms with Gasteiger partial charge in [-0.2, -0.15) is 0 Å². The van der Waals surface area contributed by atoms with Crippen LogP contribution in [0.2, 0.25) is 0 Å². The van der Waals surface area contributed by atoms with Crippen LogP contribution in [-0.2, 0) is 42.7 Å². The van der Waals surface area contributed by atoms with Crippen molar-refractivity contribution in [2.45, 2.75) is 192 Å². The van der Waals surface area contributed by atoms with E-state index < -0.39 is 102 Å². The molecule has 15 heteroatoms. The van der Waals surface area contributed by atoms with E-state index in [-0.39, 0.29) is 37.3 Å². The third kappa shape index (κ3) is 11.2. The van der Waals surface area contributed by atoms with Crippen LogP contribution in [-0.4, -0.2) is 167 Å². The molecule has 3 aliphatic rings. The van der Waals surface area contributed by atoms with E-state index in [2.05, 4.69) is 0 Å². The van der Waals surface area contributed by atoms with Crippen molar-refractivity contribution in [1.29, 1.82) is 0 Å². The van der Waals surface area contributed by atoms with Crippen LogP contribution in [0.4, 0.5) is 0 Å². The van der Waals surface area contributed by atoms with Crippen molar-refractivity contribution in [3.05, 3.63) is 0 Å². The fraction of sp³-hybridized carbons (Fsp3) is 0.950. The Kier molecular flexibility index (Phi) is 16.6. The van der Waals surface area contributed by atoms with Crippen LogP contribution in [0.3, 0.4) is 0 Å². The maximum Gasteiger partial charge on any atom is 0.311 e. The van der Waals surface area contributed by atoms with Crippen LogP contribution in [0.15, 0.2) is 0 Å². The molecule has 322 valence electrons. The average Bonchev–Trinajstić information content (AvgIpc) is 3.08. The maximum absolute atomic E-state index is 14.3. The minimum atomic E-state index is -1.82. The second kappa shape index (κ2) is 19.0. The van der Waals surface area contributed by atoms with Crippen LogP contribution < -0.4 is 0 Å². The van der Waals surface area contributed by atoms with Crippen molar-refractivity contribution in [2.75, 3.05) is 34.8 Å². The minimum absolute atomic E-state index is 0.115. The first-order valence-electron chi connectivity index (χ1n) is 20.0. The summed E-state index contributed by atoms with van der Waals surface area (Å²) in [6.45, 7) is 19.3. The van der Waals surface area contributed by atoms with Crippen molar-refractivity contribution < 1.29 is 63.2 Å². The number of carbonyl (C=O) groups is 2. The Balaban J connectivity index is 2.23. The lowest BCUT2D eigenvalue weighted by molar-refractivity contribution is -0.318. The summed E-state index contributed by atoms with van der Waals surface area (Å²) >= 11 is 0. The van der Waals surface area contributed by atoms with E-state index in [4.69, 9.17) is 33.2 Å². The van der Waals surface area contributed by atoms with E-state index in [1.165, 1.54) is 21.0 Å². The van der Waals surface area contributed by atoms with Gasteiger partial charge in [-0.1, -0.05) is 20.8 Å². The molecule has 1 unspecified atom stereocenters. The van der Waals surface area contributed by atoms with Crippen LogP contribution >= 0.6 is 0 Å². The molecule has 0 saturated carbocycles. The van der Waals surface area contributed by atoms with Gasteiger partial charge in [0, 0.05) is 39.0 Å². The predicted octanol–water partition coefficient (Wildman–Crippen LogP) is 2.47. The second-order valence-electron chi connectivity index (χ2n) is 17.7. The summed E-state index contributed by atoms with van der Waals surface area (Å²) < 4.78 is 43.9. The Hall–Kier alpha value is -1.50. The Morgan fingerprint density at radius 1 is 0.964 bits per heavy atom. The van der Waals surface area contributed by atoms with Crippen molar-refractivity contribution in [1.82, 2.24) is 9.80 Å².